The van der Waals surface area contributed by atoms with E-state index >= 15 is 0 Å². The molecule has 0 atom stereocenters. The number of nitrogen functional groups attached to an aromatic ring is 1. The van der Waals surface area contributed by atoms with E-state index in [0.29, 0.717) is 0 Å². The zero-order valence-corrected chi connectivity index (χ0v) is 11.0. The Bertz CT molecular complexity index is 568. The van der Waals surface area contributed by atoms with Crippen molar-refractivity contribution >= 4 is 45.2 Å². The zero-order chi connectivity index (χ0) is 12.4. The number of thiophene rings is 1. The van der Waals surface area contributed by atoms with Gasteiger partial charge in [-0.1, -0.05) is 11.8 Å². The van der Waals surface area contributed by atoms with Crippen LogP contribution in [0.2, 0.25) is 0 Å². The van der Waals surface area contributed by atoms with Gasteiger partial charge in [0.1, 0.15) is 9.86 Å². The molecule has 0 bridgehead atoms. The molecule has 0 aliphatic heterocycles. The Labute approximate surface area is 106 Å². The van der Waals surface area contributed by atoms with E-state index in [4.69, 9.17) is 5.73 Å². The van der Waals surface area contributed by atoms with E-state index in [1.807, 2.05) is 13.0 Å². The van der Waals surface area contributed by atoms with E-state index in [1.165, 1.54) is 18.9 Å². The van der Waals surface area contributed by atoms with Gasteiger partial charge in [0.15, 0.2) is 0 Å². The first-order valence-corrected chi connectivity index (χ1v) is 6.63. The summed E-state index contributed by atoms with van der Waals surface area (Å²) in [6.07, 6.45) is 0. The molecular formula is C10H11N3O2S2. The van der Waals surface area contributed by atoms with Crippen molar-refractivity contribution in [3.8, 4) is 0 Å². The van der Waals surface area contributed by atoms with Crippen molar-refractivity contribution in [1.82, 2.24) is 9.97 Å². The highest BCUT2D eigenvalue weighted by atomic mass is 32.2. The van der Waals surface area contributed by atoms with Gasteiger partial charge in [0.2, 0.25) is 5.95 Å². The highest BCUT2D eigenvalue weighted by Crippen LogP contribution is 2.31. The number of hydrogen-bond donors (Lipinski definition) is 1. The van der Waals surface area contributed by atoms with Crippen molar-refractivity contribution in [2.45, 2.75) is 11.9 Å². The molecule has 0 aliphatic carbocycles. The van der Waals surface area contributed by atoms with E-state index in [-0.39, 0.29) is 17.7 Å². The third-order valence-corrected chi connectivity index (χ3v) is 3.96. The van der Waals surface area contributed by atoms with Crippen LogP contribution in [0.5, 0.6) is 0 Å². The molecule has 0 radical (unpaired) electrons. The minimum absolute atomic E-state index is 0.219. The number of aryl methyl sites for hydroxylation is 1. The maximum absolute atomic E-state index is 11.1. The molecule has 7 heteroatoms. The van der Waals surface area contributed by atoms with E-state index in [9.17, 15) is 4.79 Å². The van der Waals surface area contributed by atoms with Crippen molar-refractivity contribution < 1.29 is 9.53 Å². The number of methoxy groups -OCH3 is 1. The minimum atomic E-state index is -0.285. The molecule has 0 spiro atoms. The van der Waals surface area contributed by atoms with Gasteiger partial charge in [0, 0.05) is 10.3 Å². The maximum atomic E-state index is 11.1. The summed E-state index contributed by atoms with van der Waals surface area (Å²) in [7, 11) is 1.36. The van der Waals surface area contributed by atoms with Gasteiger partial charge < -0.3 is 10.5 Å². The quantitative estimate of drug-likeness (QED) is 0.520. The first kappa shape index (κ1) is 12.1. The lowest BCUT2D eigenvalue weighted by atomic mass is 10.4. The number of hydrogen-bond acceptors (Lipinski definition) is 7. The standard InChI is InChI=1S/C10H11N3O2S2/c1-5-3-6-8(16-4-7(14)15-2)12-10(11)13-9(6)17-5/h3H,4H2,1-2H3,(H2,11,12,13). The Morgan fingerprint density at radius 1 is 1.59 bits per heavy atom. The third-order valence-electron chi connectivity index (χ3n) is 2.05. The van der Waals surface area contributed by atoms with Gasteiger partial charge in [0.05, 0.1) is 12.9 Å². The van der Waals surface area contributed by atoms with Gasteiger partial charge in [-0.05, 0) is 13.0 Å². The second-order valence-corrected chi connectivity index (χ2v) is 5.53. The molecule has 0 unspecified atom stereocenters. The summed E-state index contributed by atoms with van der Waals surface area (Å²) in [5, 5.41) is 1.66. The van der Waals surface area contributed by atoms with E-state index in [0.717, 1.165) is 20.1 Å². The van der Waals surface area contributed by atoms with Crippen LogP contribution >= 0.6 is 23.1 Å². The predicted octanol–water partition coefficient (Wildman–Crippen LogP) is 1.85. The predicted molar refractivity (Wildman–Crippen MR) is 69.3 cm³/mol. The number of thioether (sulfide) groups is 1. The lowest BCUT2D eigenvalue weighted by molar-refractivity contribution is -0.137. The Morgan fingerprint density at radius 2 is 2.35 bits per heavy atom. The number of carbonyl (C=O) groups excluding carboxylic acids is 1. The van der Waals surface area contributed by atoms with Crippen LogP contribution in [-0.4, -0.2) is 28.8 Å². The van der Waals surface area contributed by atoms with Crippen molar-refractivity contribution in [1.29, 1.82) is 0 Å². The van der Waals surface area contributed by atoms with Crippen LogP contribution in [0.4, 0.5) is 5.95 Å². The third kappa shape index (κ3) is 2.67. The molecular weight excluding hydrogens is 258 g/mol. The topological polar surface area (TPSA) is 78.1 Å². The molecule has 5 nitrogen and oxygen atoms in total. The number of aromatic nitrogens is 2. The fourth-order valence-corrected chi connectivity index (χ4v) is 3.12. The van der Waals surface area contributed by atoms with Crippen LogP contribution < -0.4 is 5.73 Å². The van der Waals surface area contributed by atoms with E-state index < -0.39 is 0 Å². The first-order valence-electron chi connectivity index (χ1n) is 4.83. The normalized spacial score (nSPS) is 10.7. The van der Waals surface area contributed by atoms with Crippen LogP contribution in [-0.2, 0) is 9.53 Å². The molecule has 0 saturated carbocycles. The number of nitrogens with two attached hydrogens (primary N) is 1. The summed E-state index contributed by atoms with van der Waals surface area (Å²) in [5.41, 5.74) is 5.63. The molecule has 2 aromatic rings. The summed E-state index contributed by atoms with van der Waals surface area (Å²) in [6, 6.07) is 2.00. The van der Waals surface area contributed by atoms with Crippen LogP contribution in [0.3, 0.4) is 0 Å². The van der Waals surface area contributed by atoms with Crippen LogP contribution in [0.15, 0.2) is 11.1 Å². The van der Waals surface area contributed by atoms with Gasteiger partial charge in [-0.15, -0.1) is 11.3 Å². The summed E-state index contributed by atoms with van der Waals surface area (Å²) in [6.45, 7) is 2.00. The van der Waals surface area contributed by atoms with Crippen molar-refractivity contribution in [3.63, 3.8) is 0 Å². The summed E-state index contributed by atoms with van der Waals surface area (Å²) >= 11 is 2.87. The Balaban J connectivity index is 2.34. The van der Waals surface area contributed by atoms with Gasteiger partial charge >= 0.3 is 5.97 Å². The summed E-state index contributed by atoms with van der Waals surface area (Å²) < 4.78 is 4.59. The first-order chi connectivity index (χ1) is 8.10. The second kappa shape index (κ2) is 4.89. The fourth-order valence-electron chi connectivity index (χ4n) is 1.33. The molecule has 2 N–H and O–H groups in total. The van der Waals surface area contributed by atoms with Gasteiger partial charge in [-0.25, -0.2) is 9.97 Å². The van der Waals surface area contributed by atoms with E-state index in [2.05, 4.69) is 14.7 Å². The molecule has 2 heterocycles. The molecule has 2 rings (SSSR count). The highest BCUT2D eigenvalue weighted by Gasteiger charge is 2.11. The summed E-state index contributed by atoms with van der Waals surface area (Å²) in [5.74, 6) is 0.163. The van der Waals surface area contributed by atoms with Crippen molar-refractivity contribution in [2.75, 3.05) is 18.6 Å². The van der Waals surface area contributed by atoms with Gasteiger partial charge in [-0.2, -0.15) is 0 Å². The highest BCUT2D eigenvalue weighted by molar-refractivity contribution is 8.00. The molecule has 0 aromatic carbocycles. The number of esters is 1. The van der Waals surface area contributed by atoms with E-state index in [1.54, 1.807) is 11.3 Å². The molecule has 90 valence electrons. The van der Waals surface area contributed by atoms with Gasteiger partial charge in [-0.3, -0.25) is 4.79 Å². The average molecular weight is 269 g/mol. The van der Waals surface area contributed by atoms with Crippen molar-refractivity contribution in [3.05, 3.63) is 10.9 Å². The Hall–Kier alpha value is -1.34. The van der Waals surface area contributed by atoms with Crippen molar-refractivity contribution in [2.24, 2.45) is 0 Å². The number of carbonyl (C=O) groups is 1. The lowest BCUT2D eigenvalue weighted by Crippen LogP contribution is -2.04. The molecule has 0 amide bonds. The fraction of sp³-hybridized carbons (Fsp3) is 0.300. The summed E-state index contributed by atoms with van der Waals surface area (Å²) in [4.78, 5) is 21.4. The van der Waals surface area contributed by atoms with Gasteiger partial charge in [0.25, 0.3) is 0 Å². The Kier molecular flexibility index (Phi) is 3.49. The van der Waals surface area contributed by atoms with Crippen LogP contribution in [0.25, 0.3) is 10.2 Å². The second-order valence-electron chi connectivity index (χ2n) is 3.33. The average Bonchev–Trinajstić information content (AvgIpc) is 2.65. The maximum Gasteiger partial charge on any atom is 0.316 e. The molecule has 2 aromatic heterocycles. The van der Waals surface area contributed by atoms with Crippen LogP contribution in [0, 0.1) is 6.92 Å². The SMILES string of the molecule is COC(=O)CSc1nc(N)nc2sc(C)cc12. The Morgan fingerprint density at radius 3 is 3.06 bits per heavy atom. The number of rotatable bonds is 3. The molecule has 17 heavy (non-hydrogen) atoms. The number of anilines is 1. The lowest BCUT2D eigenvalue weighted by Gasteiger charge is -2.02. The zero-order valence-electron chi connectivity index (χ0n) is 9.39. The minimum Gasteiger partial charge on any atom is -0.468 e. The van der Waals surface area contributed by atoms with Crippen LogP contribution in [0.1, 0.15) is 4.88 Å². The monoisotopic (exact) mass is 269 g/mol. The number of fused-ring (bicyclic) bond motifs is 1. The number of nitrogens with zero attached hydrogens (tertiary/aromatic N) is 2. The molecule has 0 saturated heterocycles. The number of ether oxygens (including phenoxy) is 1. The molecule has 0 fully saturated rings. The molecule has 0 aliphatic rings. The largest absolute Gasteiger partial charge is 0.468 e. The smallest absolute Gasteiger partial charge is 0.316 e.